The van der Waals surface area contributed by atoms with Crippen LogP contribution in [0.5, 0.6) is 0 Å². The maximum absolute atomic E-state index is 10.6. The van der Waals surface area contributed by atoms with Gasteiger partial charge in [-0.1, -0.05) is 0 Å². The molecule has 2 heterocycles. The number of hydrogen-bond acceptors (Lipinski definition) is 5. The van der Waals surface area contributed by atoms with Crippen molar-refractivity contribution in [2.45, 2.75) is 5.79 Å². The molecule has 1 aliphatic heterocycles. The maximum Gasteiger partial charge on any atom is 0.354 e. The quantitative estimate of drug-likeness (QED) is 0.774. The van der Waals surface area contributed by atoms with Gasteiger partial charge in [0, 0.05) is 14.2 Å². The number of methoxy groups -OCH3 is 2. The van der Waals surface area contributed by atoms with Crippen molar-refractivity contribution in [3.05, 3.63) is 24.0 Å². The molecule has 0 atom stereocenters. The molecule has 2 rings (SSSR count). The van der Waals surface area contributed by atoms with Crippen LogP contribution >= 0.6 is 0 Å². The van der Waals surface area contributed by atoms with Crippen molar-refractivity contribution in [1.82, 2.24) is 4.98 Å². The molecule has 0 aliphatic carbocycles. The summed E-state index contributed by atoms with van der Waals surface area (Å²) < 4.78 is 10.5. The van der Waals surface area contributed by atoms with E-state index in [0.717, 1.165) is 5.69 Å². The highest BCUT2D eigenvalue weighted by atomic mass is 16.7. The predicted octanol–water partition coefficient (Wildman–Crippen LogP) is 0.589. The van der Waals surface area contributed by atoms with Gasteiger partial charge >= 0.3 is 5.97 Å². The van der Waals surface area contributed by atoms with Crippen molar-refractivity contribution < 1.29 is 19.4 Å². The van der Waals surface area contributed by atoms with Crippen LogP contribution in [0, 0.1) is 0 Å². The van der Waals surface area contributed by atoms with E-state index in [2.05, 4.69) is 4.98 Å². The lowest BCUT2D eigenvalue weighted by atomic mass is 10.1. The minimum Gasteiger partial charge on any atom is -0.477 e. The first-order chi connectivity index (χ1) is 8.10. The molecule has 1 aliphatic rings. The van der Waals surface area contributed by atoms with E-state index in [0.29, 0.717) is 13.1 Å². The molecule has 6 heteroatoms. The predicted molar refractivity (Wildman–Crippen MR) is 60.2 cm³/mol. The lowest BCUT2D eigenvalue weighted by Gasteiger charge is -2.48. The summed E-state index contributed by atoms with van der Waals surface area (Å²) >= 11 is 0. The van der Waals surface area contributed by atoms with E-state index in [1.165, 1.54) is 6.07 Å². The largest absolute Gasteiger partial charge is 0.477 e. The molecule has 1 aromatic rings. The number of aromatic carboxylic acids is 1. The van der Waals surface area contributed by atoms with Gasteiger partial charge in [-0.05, 0) is 12.1 Å². The average molecular weight is 238 g/mol. The standard InChI is InChI=1S/C11H14N2O4/c1-16-11(17-2)6-13(7-11)8-3-4-9(10(14)15)12-5-8/h3-5H,6-7H2,1-2H3,(H,14,15). The van der Waals surface area contributed by atoms with E-state index in [9.17, 15) is 4.79 Å². The van der Waals surface area contributed by atoms with Crippen LogP contribution in [0.4, 0.5) is 5.69 Å². The van der Waals surface area contributed by atoms with E-state index >= 15 is 0 Å². The number of aromatic nitrogens is 1. The number of ether oxygens (including phenoxy) is 2. The zero-order valence-electron chi connectivity index (χ0n) is 9.71. The van der Waals surface area contributed by atoms with Crippen LogP contribution in [0.15, 0.2) is 18.3 Å². The van der Waals surface area contributed by atoms with E-state index in [-0.39, 0.29) is 5.69 Å². The van der Waals surface area contributed by atoms with Crippen molar-refractivity contribution in [1.29, 1.82) is 0 Å². The molecule has 0 radical (unpaired) electrons. The lowest BCUT2D eigenvalue weighted by molar-refractivity contribution is -0.219. The molecule has 0 unspecified atom stereocenters. The lowest BCUT2D eigenvalue weighted by Crippen LogP contribution is -2.64. The number of carboxylic acid groups (broad SMARTS) is 1. The number of pyridine rings is 1. The second-order valence-corrected chi connectivity index (χ2v) is 3.88. The van der Waals surface area contributed by atoms with Gasteiger partial charge in [0.05, 0.1) is 25.0 Å². The fourth-order valence-corrected chi connectivity index (χ4v) is 1.76. The fourth-order valence-electron chi connectivity index (χ4n) is 1.76. The number of rotatable bonds is 4. The monoisotopic (exact) mass is 238 g/mol. The van der Waals surface area contributed by atoms with Crippen LogP contribution in [0.1, 0.15) is 10.5 Å². The smallest absolute Gasteiger partial charge is 0.354 e. The summed E-state index contributed by atoms with van der Waals surface area (Å²) in [6.45, 7) is 1.21. The van der Waals surface area contributed by atoms with Gasteiger partial charge in [0.25, 0.3) is 0 Å². The summed E-state index contributed by atoms with van der Waals surface area (Å²) in [4.78, 5) is 16.5. The highest BCUT2D eigenvalue weighted by molar-refractivity contribution is 5.85. The van der Waals surface area contributed by atoms with Gasteiger partial charge in [0.1, 0.15) is 5.69 Å². The van der Waals surface area contributed by atoms with E-state index in [1.54, 1.807) is 26.5 Å². The van der Waals surface area contributed by atoms with Gasteiger partial charge in [-0.25, -0.2) is 9.78 Å². The highest BCUT2D eigenvalue weighted by Gasteiger charge is 2.44. The number of carbonyl (C=O) groups is 1. The van der Waals surface area contributed by atoms with Crippen molar-refractivity contribution in [3.63, 3.8) is 0 Å². The number of nitrogens with zero attached hydrogens (tertiary/aromatic N) is 2. The topological polar surface area (TPSA) is 71.9 Å². The molecule has 0 amide bonds. The third kappa shape index (κ3) is 2.09. The number of hydrogen-bond donors (Lipinski definition) is 1. The zero-order chi connectivity index (χ0) is 12.5. The summed E-state index contributed by atoms with van der Waals surface area (Å²) in [6.07, 6.45) is 1.54. The van der Waals surface area contributed by atoms with Crippen LogP contribution in [-0.4, -0.2) is 49.2 Å². The van der Waals surface area contributed by atoms with Crippen LogP contribution in [0.25, 0.3) is 0 Å². The summed E-state index contributed by atoms with van der Waals surface area (Å²) in [7, 11) is 3.21. The average Bonchev–Trinajstić information content (AvgIpc) is 2.29. The highest BCUT2D eigenvalue weighted by Crippen LogP contribution is 2.30. The molecule has 0 saturated carbocycles. The fraction of sp³-hybridized carbons (Fsp3) is 0.455. The molecular weight excluding hydrogens is 224 g/mol. The molecule has 1 aromatic heterocycles. The maximum atomic E-state index is 10.6. The molecule has 17 heavy (non-hydrogen) atoms. The van der Waals surface area contributed by atoms with Crippen LogP contribution in [-0.2, 0) is 9.47 Å². The second kappa shape index (κ2) is 4.31. The molecule has 1 fully saturated rings. The van der Waals surface area contributed by atoms with Gasteiger partial charge in [0.2, 0.25) is 5.79 Å². The Morgan fingerprint density at radius 3 is 2.47 bits per heavy atom. The molecular formula is C11H14N2O4. The first kappa shape index (κ1) is 11.8. The first-order valence-electron chi connectivity index (χ1n) is 5.15. The Hall–Kier alpha value is -1.66. The molecule has 6 nitrogen and oxygen atoms in total. The third-order valence-electron chi connectivity index (χ3n) is 2.94. The Morgan fingerprint density at radius 1 is 1.41 bits per heavy atom. The van der Waals surface area contributed by atoms with E-state index in [4.69, 9.17) is 14.6 Å². The summed E-state index contributed by atoms with van der Waals surface area (Å²) in [6, 6.07) is 3.21. The van der Waals surface area contributed by atoms with E-state index < -0.39 is 11.8 Å². The molecule has 1 N–H and O–H groups in total. The Morgan fingerprint density at radius 2 is 2.06 bits per heavy atom. The first-order valence-corrected chi connectivity index (χ1v) is 5.15. The minimum atomic E-state index is -1.02. The third-order valence-corrected chi connectivity index (χ3v) is 2.94. The Balaban J connectivity index is 2.04. The second-order valence-electron chi connectivity index (χ2n) is 3.88. The SMILES string of the molecule is COC1(OC)CN(c2ccc(C(=O)O)nc2)C1. The van der Waals surface area contributed by atoms with E-state index in [1.807, 2.05) is 4.90 Å². The Labute approximate surface area is 98.8 Å². The van der Waals surface area contributed by atoms with Crippen LogP contribution in [0.2, 0.25) is 0 Å². The Bertz CT molecular complexity index is 406. The number of anilines is 1. The zero-order valence-corrected chi connectivity index (χ0v) is 9.71. The Kier molecular flexibility index (Phi) is 2.99. The van der Waals surface area contributed by atoms with Gasteiger partial charge in [-0.15, -0.1) is 0 Å². The van der Waals surface area contributed by atoms with Crippen molar-refractivity contribution in [2.24, 2.45) is 0 Å². The van der Waals surface area contributed by atoms with Crippen LogP contribution < -0.4 is 4.90 Å². The van der Waals surface area contributed by atoms with Gasteiger partial charge in [-0.3, -0.25) is 0 Å². The van der Waals surface area contributed by atoms with Crippen LogP contribution in [0.3, 0.4) is 0 Å². The summed E-state index contributed by atoms with van der Waals surface area (Å²) in [5.74, 6) is -1.57. The van der Waals surface area contributed by atoms with Crippen molar-refractivity contribution >= 4 is 11.7 Å². The molecule has 0 bridgehead atoms. The summed E-state index contributed by atoms with van der Waals surface area (Å²) in [5.41, 5.74) is 0.902. The molecule has 0 aromatic carbocycles. The van der Waals surface area contributed by atoms with Crippen molar-refractivity contribution in [3.8, 4) is 0 Å². The van der Waals surface area contributed by atoms with Gasteiger partial charge < -0.3 is 19.5 Å². The molecule has 92 valence electrons. The molecule has 0 spiro atoms. The van der Waals surface area contributed by atoms with Gasteiger partial charge in [-0.2, -0.15) is 0 Å². The molecule has 1 saturated heterocycles. The normalized spacial score (nSPS) is 17.6. The van der Waals surface area contributed by atoms with Gasteiger partial charge in [0.15, 0.2) is 0 Å². The minimum absolute atomic E-state index is 0.0408. The van der Waals surface area contributed by atoms with Crippen molar-refractivity contribution in [2.75, 3.05) is 32.2 Å². The number of carboxylic acids is 1. The summed E-state index contributed by atoms with van der Waals surface area (Å²) in [5, 5.41) is 8.73.